The lowest BCUT2D eigenvalue weighted by Crippen LogP contribution is -2.32. The lowest BCUT2D eigenvalue weighted by Gasteiger charge is -2.27. The van der Waals surface area contributed by atoms with E-state index in [2.05, 4.69) is 34.7 Å². The Kier molecular flexibility index (Phi) is 3.69. The van der Waals surface area contributed by atoms with Gasteiger partial charge < -0.3 is 10.1 Å². The minimum absolute atomic E-state index is 0.149. The maximum absolute atomic E-state index is 5.36. The lowest BCUT2D eigenvalue weighted by molar-refractivity contribution is 0.411. The number of rotatable bonds is 4. The molecule has 0 amide bonds. The number of hydrogen-bond donors (Lipinski definition) is 1. The summed E-state index contributed by atoms with van der Waals surface area (Å²) in [7, 11) is 1.70. The molecular formula is C15H20N4O. The molecule has 2 aromatic rings. The largest absolute Gasteiger partial charge is 0.497 e. The smallest absolute Gasteiger partial charge is 0.119 e. The fourth-order valence-electron chi connectivity index (χ4n) is 2.80. The molecule has 5 nitrogen and oxygen atoms in total. The minimum Gasteiger partial charge on any atom is -0.497 e. The van der Waals surface area contributed by atoms with Gasteiger partial charge in [0.05, 0.1) is 25.0 Å². The van der Waals surface area contributed by atoms with Gasteiger partial charge in [-0.05, 0) is 36.1 Å². The maximum atomic E-state index is 5.36. The molecule has 1 aromatic carbocycles. The first-order valence-corrected chi connectivity index (χ1v) is 7.12. The first-order chi connectivity index (χ1) is 9.83. The Bertz CT molecular complexity index is 593. The predicted octanol–water partition coefficient (Wildman–Crippen LogP) is 1.93. The van der Waals surface area contributed by atoms with E-state index < -0.39 is 0 Å². The summed E-state index contributed by atoms with van der Waals surface area (Å²) in [5, 5.41) is 11.8. The maximum Gasteiger partial charge on any atom is 0.119 e. The topological polar surface area (TPSA) is 52.0 Å². The molecule has 106 valence electrons. The van der Waals surface area contributed by atoms with Gasteiger partial charge in [-0.1, -0.05) is 18.2 Å². The molecule has 0 aliphatic carbocycles. The van der Waals surface area contributed by atoms with E-state index in [1.165, 1.54) is 11.1 Å². The second-order valence-electron chi connectivity index (χ2n) is 5.08. The molecule has 0 saturated carbocycles. The molecule has 1 unspecified atom stereocenters. The van der Waals surface area contributed by atoms with Crippen molar-refractivity contribution in [3.8, 4) is 5.75 Å². The zero-order valence-corrected chi connectivity index (χ0v) is 12.0. The molecule has 1 atom stereocenters. The summed E-state index contributed by atoms with van der Waals surface area (Å²) in [6.07, 6.45) is 3.96. The summed E-state index contributed by atoms with van der Waals surface area (Å²) >= 11 is 0. The van der Waals surface area contributed by atoms with Gasteiger partial charge in [0, 0.05) is 13.1 Å². The van der Waals surface area contributed by atoms with Gasteiger partial charge in [-0.3, -0.25) is 0 Å². The molecule has 1 aliphatic heterocycles. The van der Waals surface area contributed by atoms with Crippen LogP contribution < -0.4 is 10.1 Å². The standard InChI is InChI=1S/C15H20N4O/c1-3-8-19-14(10-17-18-19)15-13-9-12(20-2)5-4-11(13)6-7-16-15/h4-5,9-10,15-16H,3,6-8H2,1-2H3. The highest BCUT2D eigenvalue weighted by Gasteiger charge is 2.25. The molecule has 2 heterocycles. The van der Waals surface area contributed by atoms with Gasteiger partial charge in [0.2, 0.25) is 0 Å². The molecule has 0 spiro atoms. The van der Waals surface area contributed by atoms with Crippen molar-refractivity contribution < 1.29 is 4.74 Å². The number of hydrogen-bond acceptors (Lipinski definition) is 4. The molecule has 0 saturated heterocycles. The second-order valence-corrected chi connectivity index (χ2v) is 5.08. The van der Waals surface area contributed by atoms with Gasteiger partial charge in [-0.15, -0.1) is 5.10 Å². The van der Waals surface area contributed by atoms with E-state index in [1.807, 2.05) is 16.9 Å². The summed E-state index contributed by atoms with van der Waals surface area (Å²) in [6.45, 7) is 4.02. The number of fused-ring (bicyclic) bond motifs is 1. The number of nitrogens with one attached hydrogen (secondary N) is 1. The molecule has 0 bridgehead atoms. The Morgan fingerprint density at radius 2 is 2.35 bits per heavy atom. The summed E-state index contributed by atoms with van der Waals surface area (Å²) in [5.74, 6) is 0.895. The quantitative estimate of drug-likeness (QED) is 0.924. The number of nitrogens with zero attached hydrogens (tertiary/aromatic N) is 3. The van der Waals surface area contributed by atoms with Crippen molar-refractivity contribution in [1.29, 1.82) is 0 Å². The van der Waals surface area contributed by atoms with Crippen LogP contribution >= 0.6 is 0 Å². The number of methoxy groups -OCH3 is 1. The van der Waals surface area contributed by atoms with E-state index in [-0.39, 0.29) is 6.04 Å². The third kappa shape index (κ3) is 2.29. The van der Waals surface area contributed by atoms with Crippen LogP contribution in [0.2, 0.25) is 0 Å². The Labute approximate surface area is 118 Å². The van der Waals surface area contributed by atoms with Gasteiger partial charge >= 0.3 is 0 Å². The average Bonchev–Trinajstić information content (AvgIpc) is 2.94. The van der Waals surface area contributed by atoms with Crippen LogP contribution in [0, 0.1) is 0 Å². The molecule has 1 aliphatic rings. The SMILES string of the molecule is CCCn1nncc1C1NCCc2ccc(OC)cc21. The first kappa shape index (κ1) is 13.1. The lowest BCUT2D eigenvalue weighted by atomic mass is 9.92. The highest BCUT2D eigenvalue weighted by molar-refractivity contribution is 5.42. The van der Waals surface area contributed by atoms with Crippen LogP contribution in [-0.2, 0) is 13.0 Å². The molecule has 5 heteroatoms. The van der Waals surface area contributed by atoms with Crippen molar-refractivity contribution in [2.75, 3.05) is 13.7 Å². The van der Waals surface area contributed by atoms with Gasteiger partial charge in [0.15, 0.2) is 0 Å². The van der Waals surface area contributed by atoms with Crippen LogP contribution in [0.4, 0.5) is 0 Å². The zero-order chi connectivity index (χ0) is 13.9. The fraction of sp³-hybridized carbons (Fsp3) is 0.467. The zero-order valence-electron chi connectivity index (χ0n) is 12.0. The van der Waals surface area contributed by atoms with Crippen molar-refractivity contribution in [2.24, 2.45) is 0 Å². The highest BCUT2D eigenvalue weighted by Crippen LogP contribution is 2.31. The van der Waals surface area contributed by atoms with Gasteiger partial charge in [-0.2, -0.15) is 0 Å². The van der Waals surface area contributed by atoms with E-state index in [0.29, 0.717) is 0 Å². The normalized spacial score (nSPS) is 17.8. The van der Waals surface area contributed by atoms with Crippen LogP contribution in [-0.4, -0.2) is 28.6 Å². The van der Waals surface area contributed by atoms with Crippen LogP contribution in [0.3, 0.4) is 0 Å². The van der Waals surface area contributed by atoms with E-state index >= 15 is 0 Å². The van der Waals surface area contributed by atoms with Crippen molar-refractivity contribution in [2.45, 2.75) is 32.4 Å². The Morgan fingerprint density at radius 3 is 3.15 bits per heavy atom. The molecule has 1 aromatic heterocycles. The fourth-order valence-corrected chi connectivity index (χ4v) is 2.80. The van der Waals surface area contributed by atoms with Gasteiger partial charge in [-0.25, -0.2) is 4.68 Å². The van der Waals surface area contributed by atoms with Gasteiger partial charge in [0.25, 0.3) is 0 Å². The summed E-state index contributed by atoms with van der Waals surface area (Å²) in [6, 6.07) is 6.46. The van der Waals surface area contributed by atoms with Crippen LogP contribution in [0.5, 0.6) is 5.75 Å². The predicted molar refractivity (Wildman–Crippen MR) is 76.9 cm³/mol. The minimum atomic E-state index is 0.149. The number of ether oxygens (including phenoxy) is 1. The molecule has 3 rings (SSSR count). The van der Waals surface area contributed by atoms with Crippen molar-refractivity contribution in [1.82, 2.24) is 20.3 Å². The third-order valence-corrected chi connectivity index (χ3v) is 3.79. The van der Waals surface area contributed by atoms with Crippen LogP contribution in [0.15, 0.2) is 24.4 Å². The van der Waals surface area contributed by atoms with E-state index in [9.17, 15) is 0 Å². The molecule has 20 heavy (non-hydrogen) atoms. The molecular weight excluding hydrogens is 252 g/mol. The van der Waals surface area contributed by atoms with E-state index in [0.717, 1.165) is 37.4 Å². The van der Waals surface area contributed by atoms with E-state index in [1.54, 1.807) is 7.11 Å². The number of aryl methyl sites for hydroxylation is 1. The van der Waals surface area contributed by atoms with Crippen molar-refractivity contribution in [3.05, 3.63) is 41.2 Å². The van der Waals surface area contributed by atoms with Gasteiger partial charge in [0.1, 0.15) is 5.75 Å². The molecule has 1 N–H and O–H groups in total. The van der Waals surface area contributed by atoms with Crippen molar-refractivity contribution >= 4 is 0 Å². The Hall–Kier alpha value is -1.88. The number of benzene rings is 1. The van der Waals surface area contributed by atoms with E-state index in [4.69, 9.17) is 4.74 Å². The third-order valence-electron chi connectivity index (χ3n) is 3.79. The summed E-state index contributed by atoms with van der Waals surface area (Å²) in [5.41, 5.74) is 3.77. The van der Waals surface area contributed by atoms with Crippen LogP contribution in [0.25, 0.3) is 0 Å². The monoisotopic (exact) mass is 272 g/mol. The highest BCUT2D eigenvalue weighted by atomic mass is 16.5. The molecule has 0 radical (unpaired) electrons. The average molecular weight is 272 g/mol. The second kappa shape index (κ2) is 5.63. The van der Waals surface area contributed by atoms with Crippen LogP contribution in [0.1, 0.15) is 36.2 Å². The molecule has 0 fully saturated rings. The summed E-state index contributed by atoms with van der Waals surface area (Å²) in [4.78, 5) is 0. The number of aromatic nitrogens is 3. The Balaban J connectivity index is 2.02. The summed E-state index contributed by atoms with van der Waals surface area (Å²) < 4.78 is 7.35. The Morgan fingerprint density at radius 1 is 1.45 bits per heavy atom. The van der Waals surface area contributed by atoms with Crippen molar-refractivity contribution in [3.63, 3.8) is 0 Å². The first-order valence-electron chi connectivity index (χ1n) is 7.12.